The van der Waals surface area contributed by atoms with E-state index in [1.807, 2.05) is 55.5 Å². The van der Waals surface area contributed by atoms with Crippen molar-refractivity contribution in [3.05, 3.63) is 125 Å². The number of amides is 4. The molecule has 6 atom stereocenters. The summed E-state index contributed by atoms with van der Waals surface area (Å²) in [5, 5.41) is 31.6. The zero-order valence-corrected chi connectivity index (χ0v) is 28.7. The van der Waals surface area contributed by atoms with Crippen molar-refractivity contribution in [1.82, 2.24) is 5.01 Å². The van der Waals surface area contributed by atoms with E-state index >= 15 is 4.79 Å². The highest BCUT2D eigenvalue weighted by Gasteiger charge is 2.70. The first-order valence-electron chi connectivity index (χ1n) is 17.3. The highest BCUT2D eigenvalue weighted by Crippen LogP contribution is 2.64. The van der Waals surface area contributed by atoms with Crippen LogP contribution in [0.2, 0.25) is 0 Å². The van der Waals surface area contributed by atoms with E-state index in [4.69, 9.17) is 4.74 Å². The lowest BCUT2D eigenvalue weighted by molar-refractivity contribution is -0.138. The molecule has 53 heavy (non-hydrogen) atoms. The number of methoxy groups -OCH3 is 1. The quantitative estimate of drug-likeness (QED) is 0.145. The van der Waals surface area contributed by atoms with Crippen LogP contribution in [0.4, 0.5) is 11.4 Å². The van der Waals surface area contributed by atoms with Crippen molar-refractivity contribution >= 4 is 41.0 Å². The van der Waals surface area contributed by atoms with Gasteiger partial charge in [0.25, 0.3) is 11.8 Å². The van der Waals surface area contributed by atoms with E-state index in [1.165, 1.54) is 19.2 Å². The summed E-state index contributed by atoms with van der Waals surface area (Å²) in [5.41, 5.74) is 4.63. The second-order valence-corrected chi connectivity index (χ2v) is 14.0. The van der Waals surface area contributed by atoms with Gasteiger partial charge in [-0.3, -0.25) is 24.6 Å². The fourth-order valence-electron chi connectivity index (χ4n) is 9.09. The minimum absolute atomic E-state index is 0.0355. The molecule has 6 unspecified atom stereocenters. The molecule has 4 aliphatic rings. The van der Waals surface area contributed by atoms with E-state index in [1.54, 1.807) is 24.3 Å². The van der Waals surface area contributed by atoms with Gasteiger partial charge in [0.15, 0.2) is 11.5 Å². The number of nitrogens with zero attached hydrogens (tertiary/aromatic N) is 2. The summed E-state index contributed by atoms with van der Waals surface area (Å²) in [5.74, 6) is -8.13. The molecule has 0 radical (unpaired) electrons. The standard InChI is InChI=1S/C41H35N3O9/c1-21-8-11-24(12-9-21)42-44-37(48)30-20-29-26(15-16-28-34(29)38(49)43(36(28)47)25-13-14-27(39(50)51)32(46)19-25)35(22-10-17-31(45)33(18-22)53-2)41(30,40(44)52)23-6-4-3-5-7-23/h3-15,17-19,28-30,34-35,42,45-46H,16,20H2,1-2H3,(H,50,51). The van der Waals surface area contributed by atoms with Crippen LogP contribution in [0.3, 0.4) is 0 Å². The molecule has 12 nitrogen and oxygen atoms in total. The number of rotatable bonds is 7. The molecular weight excluding hydrogens is 678 g/mol. The molecule has 12 heteroatoms. The van der Waals surface area contributed by atoms with Gasteiger partial charge in [0.1, 0.15) is 11.3 Å². The van der Waals surface area contributed by atoms with Crippen molar-refractivity contribution in [3.8, 4) is 17.2 Å². The number of aromatic hydroxyl groups is 2. The Balaban J connectivity index is 1.30. The van der Waals surface area contributed by atoms with Crippen molar-refractivity contribution in [2.45, 2.75) is 31.1 Å². The molecule has 4 N–H and O–H groups in total. The Bertz CT molecular complexity index is 2250. The lowest BCUT2D eigenvalue weighted by Gasteiger charge is -2.50. The highest BCUT2D eigenvalue weighted by atomic mass is 16.5. The number of imide groups is 2. The third kappa shape index (κ3) is 4.92. The maximum Gasteiger partial charge on any atom is 0.339 e. The van der Waals surface area contributed by atoms with Crippen LogP contribution >= 0.6 is 0 Å². The number of carboxylic acid groups (broad SMARTS) is 1. The molecular formula is C41H35N3O9. The molecule has 0 aromatic heterocycles. The second-order valence-electron chi connectivity index (χ2n) is 14.0. The SMILES string of the molecule is COc1cc(C2C3=CCC4C(=O)N(c5ccc(C(=O)O)c(O)c5)C(=O)C4C3CC3C(=O)N(Nc4ccc(C)cc4)C(=O)C32c2ccccc2)ccc1O. The van der Waals surface area contributed by atoms with Gasteiger partial charge in [0, 0.05) is 12.0 Å². The summed E-state index contributed by atoms with van der Waals surface area (Å²) in [7, 11) is 1.42. The number of aromatic carboxylic acids is 1. The predicted molar refractivity (Wildman–Crippen MR) is 191 cm³/mol. The normalized spacial score (nSPS) is 26.2. The number of anilines is 2. The molecule has 0 spiro atoms. The Morgan fingerprint density at radius 3 is 2.26 bits per heavy atom. The minimum atomic E-state index is -1.50. The third-order valence-electron chi connectivity index (χ3n) is 11.4. The second kappa shape index (κ2) is 12.4. The number of carboxylic acids is 1. The smallest absolute Gasteiger partial charge is 0.339 e. The van der Waals surface area contributed by atoms with Crippen LogP contribution < -0.4 is 15.1 Å². The number of hydrogen-bond donors (Lipinski definition) is 4. The van der Waals surface area contributed by atoms with Crippen molar-refractivity contribution in [2.24, 2.45) is 23.7 Å². The van der Waals surface area contributed by atoms with Gasteiger partial charge >= 0.3 is 5.97 Å². The number of benzene rings is 4. The predicted octanol–water partition coefficient (Wildman–Crippen LogP) is 5.30. The fraction of sp³-hybridized carbons (Fsp3) is 0.244. The summed E-state index contributed by atoms with van der Waals surface area (Å²) in [6, 6.07) is 24.7. The Morgan fingerprint density at radius 2 is 1.58 bits per heavy atom. The molecule has 268 valence electrons. The maximum atomic E-state index is 15.3. The Kier molecular flexibility index (Phi) is 7.86. The number of hydrazine groups is 1. The molecule has 2 aliphatic carbocycles. The largest absolute Gasteiger partial charge is 0.507 e. The van der Waals surface area contributed by atoms with Crippen LogP contribution in [-0.4, -0.2) is 57.0 Å². The molecule has 4 amide bonds. The van der Waals surface area contributed by atoms with Crippen molar-refractivity contribution in [3.63, 3.8) is 0 Å². The number of nitrogens with one attached hydrogen (secondary N) is 1. The fourth-order valence-corrected chi connectivity index (χ4v) is 9.09. The van der Waals surface area contributed by atoms with Gasteiger partial charge in [0.05, 0.1) is 41.7 Å². The molecule has 3 fully saturated rings. The summed E-state index contributed by atoms with van der Waals surface area (Å²) in [6.45, 7) is 1.93. The molecule has 2 saturated heterocycles. The first-order valence-corrected chi connectivity index (χ1v) is 17.3. The molecule has 4 aromatic carbocycles. The lowest BCUT2D eigenvalue weighted by Crippen LogP contribution is -2.53. The molecule has 2 aliphatic heterocycles. The number of allylic oxidation sites excluding steroid dienone is 2. The van der Waals surface area contributed by atoms with Crippen molar-refractivity contribution < 1.29 is 44.0 Å². The summed E-state index contributed by atoms with van der Waals surface area (Å²) in [4.78, 5) is 71.1. The van der Waals surface area contributed by atoms with Crippen LogP contribution in [0.5, 0.6) is 17.2 Å². The zero-order chi connectivity index (χ0) is 37.3. The first-order chi connectivity index (χ1) is 25.5. The van der Waals surface area contributed by atoms with Gasteiger partial charge in [-0.1, -0.05) is 65.7 Å². The molecule has 4 aromatic rings. The number of aryl methyl sites for hydroxylation is 1. The topological polar surface area (TPSA) is 174 Å². The first kappa shape index (κ1) is 33.7. The van der Waals surface area contributed by atoms with Crippen molar-refractivity contribution in [2.75, 3.05) is 17.4 Å². The van der Waals surface area contributed by atoms with E-state index in [0.29, 0.717) is 22.4 Å². The van der Waals surface area contributed by atoms with Crippen molar-refractivity contribution in [1.29, 1.82) is 0 Å². The van der Waals surface area contributed by atoms with Crippen LogP contribution in [0.1, 0.15) is 45.8 Å². The van der Waals surface area contributed by atoms with E-state index in [0.717, 1.165) is 27.6 Å². The zero-order valence-electron chi connectivity index (χ0n) is 28.7. The Labute approximate surface area is 303 Å². The number of phenolic OH excluding ortho intramolecular Hbond substituents is 1. The van der Waals surface area contributed by atoms with Gasteiger partial charge in [-0.15, -0.1) is 0 Å². The Morgan fingerprint density at radius 1 is 0.849 bits per heavy atom. The van der Waals surface area contributed by atoms with E-state index in [2.05, 4.69) is 5.43 Å². The highest BCUT2D eigenvalue weighted by molar-refractivity contribution is 6.23. The van der Waals surface area contributed by atoms with Gasteiger partial charge in [0.2, 0.25) is 11.8 Å². The summed E-state index contributed by atoms with van der Waals surface area (Å²) < 4.78 is 5.51. The van der Waals surface area contributed by atoms with Gasteiger partial charge in [-0.05, 0) is 73.2 Å². The number of ether oxygens (including phenoxy) is 1. The minimum Gasteiger partial charge on any atom is -0.507 e. The average molecular weight is 714 g/mol. The van der Waals surface area contributed by atoms with Gasteiger partial charge in [-0.25, -0.2) is 9.69 Å². The Hall–Kier alpha value is -6.43. The number of phenols is 2. The number of fused-ring (bicyclic) bond motifs is 4. The van der Waals surface area contributed by atoms with Crippen LogP contribution in [-0.2, 0) is 24.6 Å². The molecule has 8 rings (SSSR count). The third-order valence-corrected chi connectivity index (χ3v) is 11.4. The summed E-state index contributed by atoms with van der Waals surface area (Å²) in [6.07, 6.45) is 2.13. The average Bonchev–Trinajstić information content (AvgIpc) is 3.53. The van der Waals surface area contributed by atoms with Crippen LogP contribution in [0.25, 0.3) is 0 Å². The number of carbonyl (C=O) groups is 5. The monoisotopic (exact) mass is 713 g/mol. The molecule has 0 bridgehead atoms. The van der Waals surface area contributed by atoms with Crippen LogP contribution in [0, 0.1) is 30.6 Å². The number of carbonyl (C=O) groups excluding carboxylic acids is 4. The summed E-state index contributed by atoms with van der Waals surface area (Å²) >= 11 is 0. The molecule has 1 saturated carbocycles. The van der Waals surface area contributed by atoms with E-state index in [-0.39, 0.29) is 35.6 Å². The van der Waals surface area contributed by atoms with E-state index < -0.39 is 70.4 Å². The van der Waals surface area contributed by atoms with Gasteiger partial charge in [-0.2, -0.15) is 5.01 Å². The van der Waals surface area contributed by atoms with Gasteiger partial charge < -0.3 is 20.1 Å². The van der Waals surface area contributed by atoms with Crippen LogP contribution in [0.15, 0.2) is 103 Å². The maximum absolute atomic E-state index is 15.3. The number of hydrogen-bond acceptors (Lipinski definition) is 9. The lowest BCUT2D eigenvalue weighted by atomic mass is 9.49. The van der Waals surface area contributed by atoms with E-state index in [9.17, 15) is 34.5 Å². The molecule has 2 heterocycles.